The fourth-order valence-electron chi connectivity index (χ4n) is 1.52. The average Bonchev–Trinajstić information content (AvgIpc) is 2.59. The summed E-state index contributed by atoms with van der Waals surface area (Å²) in [6.45, 7) is 0. The van der Waals surface area contributed by atoms with Crippen LogP contribution in [0.2, 0.25) is 0 Å². The second-order valence-corrected chi connectivity index (χ2v) is 4.22. The Morgan fingerprint density at radius 2 is 1.95 bits per heavy atom. The summed E-state index contributed by atoms with van der Waals surface area (Å²) >= 11 is 4.73. The number of alkyl halides is 3. The Balaban J connectivity index is 2.35. The van der Waals surface area contributed by atoms with Crippen LogP contribution >= 0.6 is 12.2 Å². The molecule has 1 saturated heterocycles. The van der Waals surface area contributed by atoms with Gasteiger partial charge in [0.05, 0.1) is 5.56 Å². The number of rotatable bonds is 1. The largest absolute Gasteiger partial charge is 0.416 e. The molecule has 8 heteroatoms. The smallest absolute Gasteiger partial charge is 0.398 e. The Hall–Kier alpha value is -2.09. The third kappa shape index (κ3) is 2.84. The number of amides is 1. The molecule has 0 radical (unpaired) electrons. The minimum Gasteiger partial charge on any atom is -0.398 e. The zero-order chi connectivity index (χ0) is 14.2. The molecule has 1 aliphatic heterocycles. The highest BCUT2D eigenvalue weighted by atomic mass is 32.1. The van der Waals surface area contributed by atoms with Gasteiger partial charge < -0.3 is 11.1 Å². The van der Waals surface area contributed by atoms with E-state index in [1.807, 2.05) is 0 Å². The summed E-state index contributed by atoms with van der Waals surface area (Å²) in [5.74, 6) is -0.454. The Morgan fingerprint density at radius 1 is 1.26 bits per heavy atom. The molecule has 0 aromatic heterocycles. The number of nitrogens with two attached hydrogens (primary N) is 1. The van der Waals surface area contributed by atoms with Crippen molar-refractivity contribution in [3.8, 4) is 0 Å². The molecular weight excluding hydrogens is 279 g/mol. The highest BCUT2D eigenvalue weighted by Crippen LogP contribution is 2.31. The number of hydrogen-bond acceptors (Lipinski definition) is 3. The van der Waals surface area contributed by atoms with Crippen molar-refractivity contribution in [2.75, 3.05) is 5.73 Å². The molecular formula is C11H8F3N3OS. The van der Waals surface area contributed by atoms with Gasteiger partial charge in [0.2, 0.25) is 0 Å². The third-order valence-corrected chi connectivity index (χ3v) is 2.64. The zero-order valence-electron chi connectivity index (χ0n) is 9.34. The SMILES string of the molecule is Nc1cc(C(F)(F)F)ccc1/C=C1\NC(=S)NC1=O. The van der Waals surface area contributed by atoms with E-state index in [0.29, 0.717) is 5.56 Å². The van der Waals surface area contributed by atoms with Gasteiger partial charge in [-0.2, -0.15) is 13.2 Å². The number of benzene rings is 1. The number of hydrogen-bond donors (Lipinski definition) is 3. The van der Waals surface area contributed by atoms with E-state index >= 15 is 0 Å². The van der Waals surface area contributed by atoms with Gasteiger partial charge in [-0.05, 0) is 36.0 Å². The Labute approximate surface area is 111 Å². The fraction of sp³-hybridized carbons (Fsp3) is 0.0909. The number of carbonyl (C=O) groups is 1. The number of nitrogens with one attached hydrogen (secondary N) is 2. The molecule has 2 rings (SSSR count). The number of halogens is 3. The highest BCUT2D eigenvalue weighted by Gasteiger charge is 2.30. The predicted octanol–water partition coefficient (Wildman–Crippen LogP) is 1.63. The van der Waals surface area contributed by atoms with Crippen LogP contribution in [0, 0.1) is 0 Å². The van der Waals surface area contributed by atoms with Gasteiger partial charge in [0.25, 0.3) is 5.91 Å². The maximum atomic E-state index is 12.5. The van der Waals surface area contributed by atoms with E-state index in [0.717, 1.165) is 12.1 Å². The maximum absolute atomic E-state index is 12.5. The second kappa shape index (κ2) is 4.54. The Kier molecular flexibility index (Phi) is 3.19. The summed E-state index contributed by atoms with van der Waals surface area (Å²) < 4.78 is 37.4. The van der Waals surface area contributed by atoms with Crippen LogP contribution in [0.3, 0.4) is 0 Å². The number of carbonyl (C=O) groups excluding carboxylic acids is 1. The van der Waals surface area contributed by atoms with Gasteiger partial charge in [0.1, 0.15) is 5.70 Å². The lowest BCUT2D eigenvalue weighted by Crippen LogP contribution is -2.21. The van der Waals surface area contributed by atoms with Gasteiger partial charge in [-0.1, -0.05) is 6.07 Å². The first-order valence-corrected chi connectivity index (χ1v) is 5.49. The van der Waals surface area contributed by atoms with E-state index in [9.17, 15) is 18.0 Å². The molecule has 1 fully saturated rings. The molecule has 0 saturated carbocycles. The fourth-order valence-corrected chi connectivity index (χ4v) is 1.72. The lowest BCUT2D eigenvalue weighted by atomic mass is 10.1. The molecule has 19 heavy (non-hydrogen) atoms. The summed E-state index contributed by atoms with van der Waals surface area (Å²) in [7, 11) is 0. The van der Waals surface area contributed by atoms with Crippen molar-refractivity contribution in [1.29, 1.82) is 0 Å². The van der Waals surface area contributed by atoms with Gasteiger partial charge in [-0.3, -0.25) is 10.1 Å². The lowest BCUT2D eigenvalue weighted by molar-refractivity contribution is -0.137. The standard InChI is InChI=1S/C11H8F3N3OS/c12-11(13,14)6-2-1-5(7(15)4-6)3-8-9(18)17-10(19)16-8/h1-4H,15H2,(H2,16,17,18,19)/b8-3-. The number of nitrogen functional groups attached to an aromatic ring is 1. The van der Waals surface area contributed by atoms with E-state index in [4.69, 9.17) is 18.0 Å². The lowest BCUT2D eigenvalue weighted by Gasteiger charge is -2.09. The molecule has 0 bridgehead atoms. The number of thiocarbonyl (C=S) groups is 1. The molecule has 1 heterocycles. The van der Waals surface area contributed by atoms with Gasteiger partial charge in [-0.15, -0.1) is 0 Å². The Morgan fingerprint density at radius 3 is 2.42 bits per heavy atom. The van der Waals surface area contributed by atoms with Crippen molar-refractivity contribution in [1.82, 2.24) is 10.6 Å². The van der Waals surface area contributed by atoms with Gasteiger partial charge in [-0.25, -0.2) is 0 Å². The molecule has 100 valence electrons. The topological polar surface area (TPSA) is 67.2 Å². The molecule has 0 spiro atoms. The van der Waals surface area contributed by atoms with Crippen molar-refractivity contribution in [2.24, 2.45) is 0 Å². The van der Waals surface area contributed by atoms with E-state index in [2.05, 4.69) is 10.6 Å². The molecule has 0 aliphatic carbocycles. The third-order valence-electron chi connectivity index (χ3n) is 2.43. The van der Waals surface area contributed by atoms with Crippen molar-refractivity contribution >= 4 is 35.0 Å². The van der Waals surface area contributed by atoms with Crippen molar-refractivity contribution in [2.45, 2.75) is 6.18 Å². The van der Waals surface area contributed by atoms with Crippen LogP contribution < -0.4 is 16.4 Å². The predicted molar refractivity (Wildman–Crippen MR) is 67.7 cm³/mol. The second-order valence-electron chi connectivity index (χ2n) is 3.81. The highest BCUT2D eigenvalue weighted by molar-refractivity contribution is 7.80. The minimum atomic E-state index is -4.45. The van der Waals surface area contributed by atoms with E-state index in [1.165, 1.54) is 12.1 Å². The quantitative estimate of drug-likeness (QED) is 0.417. The number of anilines is 1. The van der Waals surface area contributed by atoms with Gasteiger partial charge in [0, 0.05) is 5.69 Å². The van der Waals surface area contributed by atoms with E-state index in [1.54, 1.807) is 0 Å². The summed E-state index contributed by atoms with van der Waals surface area (Å²) in [4.78, 5) is 11.4. The van der Waals surface area contributed by atoms with Gasteiger partial charge >= 0.3 is 6.18 Å². The summed E-state index contributed by atoms with van der Waals surface area (Å²) in [5.41, 5.74) is 5.06. The molecule has 1 amide bonds. The van der Waals surface area contributed by atoms with Crippen LogP contribution in [-0.4, -0.2) is 11.0 Å². The van der Waals surface area contributed by atoms with Crippen molar-refractivity contribution in [3.63, 3.8) is 0 Å². The van der Waals surface area contributed by atoms with E-state index in [-0.39, 0.29) is 16.5 Å². The first-order valence-electron chi connectivity index (χ1n) is 5.08. The molecule has 4 N–H and O–H groups in total. The van der Waals surface area contributed by atoms with E-state index < -0.39 is 17.6 Å². The van der Waals surface area contributed by atoms with Crippen LogP contribution in [0.5, 0.6) is 0 Å². The first-order chi connectivity index (χ1) is 8.77. The molecule has 4 nitrogen and oxygen atoms in total. The average molecular weight is 287 g/mol. The van der Waals surface area contributed by atoms with Crippen LogP contribution in [-0.2, 0) is 11.0 Å². The molecule has 1 aromatic rings. The Bertz CT molecular complexity index is 595. The summed E-state index contributed by atoms with van der Waals surface area (Å²) in [6.07, 6.45) is -3.12. The van der Waals surface area contributed by atoms with Crippen molar-refractivity contribution < 1.29 is 18.0 Å². The van der Waals surface area contributed by atoms with Crippen LogP contribution in [0.1, 0.15) is 11.1 Å². The van der Waals surface area contributed by atoms with Crippen LogP contribution in [0.15, 0.2) is 23.9 Å². The normalized spacial score (nSPS) is 17.5. The molecule has 0 unspecified atom stereocenters. The molecule has 1 aromatic carbocycles. The van der Waals surface area contributed by atoms with Gasteiger partial charge in [0.15, 0.2) is 5.11 Å². The molecule has 1 aliphatic rings. The monoisotopic (exact) mass is 287 g/mol. The molecule has 0 atom stereocenters. The minimum absolute atomic E-state index is 0.0743. The van der Waals surface area contributed by atoms with Crippen LogP contribution in [0.25, 0.3) is 6.08 Å². The zero-order valence-corrected chi connectivity index (χ0v) is 10.2. The summed E-state index contributed by atoms with van der Waals surface area (Å²) in [5, 5.41) is 5.05. The van der Waals surface area contributed by atoms with Crippen LogP contribution in [0.4, 0.5) is 18.9 Å². The summed E-state index contributed by atoms with van der Waals surface area (Å²) in [6, 6.07) is 2.91. The van der Waals surface area contributed by atoms with Crippen molar-refractivity contribution in [3.05, 3.63) is 35.0 Å². The first kappa shape index (κ1) is 13.3. The maximum Gasteiger partial charge on any atom is 0.416 e.